The van der Waals surface area contributed by atoms with Crippen LogP contribution in [0.15, 0.2) is 0 Å². The highest BCUT2D eigenvalue weighted by Gasteiger charge is 2.25. The van der Waals surface area contributed by atoms with Gasteiger partial charge < -0.3 is 15.4 Å². The van der Waals surface area contributed by atoms with Crippen molar-refractivity contribution in [2.24, 2.45) is 0 Å². The number of piperidine rings is 1. The lowest BCUT2D eigenvalue weighted by Crippen LogP contribution is -2.51. The third-order valence-corrected chi connectivity index (χ3v) is 2.60. The Bertz CT molecular complexity index is 296. The Kier molecular flexibility index (Phi) is 4.83. The smallest absolute Gasteiger partial charge is 0.408 e. The SMILES string of the molecule is C#CC(NC(=O)OC(C)(C)C)C1CCCCN1. The molecule has 0 aromatic heterocycles. The van der Waals surface area contributed by atoms with E-state index in [-0.39, 0.29) is 12.1 Å². The molecule has 0 saturated carbocycles. The summed E-state index contributed by atoms with van der Waals surface area (Å²) in [6.45, 7) is 6.45. The van der Waals surface area contributed by atoms with Gasteiger partial charge in [0.2, 0.25) is 0 Å². The van der Waals surface area contributed by atoms with E-state index in [4.69, 9.17) is 11.2 Å². The van der Waals surface area contributed by atoms with E-state index in [0.29, 0.717) is 0 Å². The van der Waals surface area contributed by atoms with Gasteiger partial charge >= 0.3 is 6.09 Å². The highest BCUT2D eigenvalue weighted by atomic mass is 16.6. The Labute approximate surface area is 103 Å². The first kappa shape index (κ1) is 13.9. The Morgan fingerprint density at radius 2 is 2.24 bits per heavy atom. The lowest BCUT2D eigenvalue weighted by Gasteiger charge is -2.29. The van der Waals surface area contributed by atoms with E-state index in [2.05, 4.69) is 16.6 Å². The first-order valence-corrected chi connectivity index (χ1v) is 6.11. The molecule has 0 aromatic rings. The number of terminal acetylenes is 1. The lowest BCUT2D eigenvalue weighted by molar-refractivity contribution is 0.0505. The number of carbonyl (C=O) groups excluding carboxylic acids is 1. The van der Waals surface area contributed by atoms with Crippen molar-refractivity contribution >= 4 is 6.09 Å². The zero-order chi connectivity index (χ0) is 12.9. The van der Waals surface area contributed by atoms with Crippen molar-refractivity contribution < 1.29 is 9.53 Å². The molecule has 0 aliphatic carbocycles. The van der Waals surface area contributed by atoms with E-state index >= 15 is 0 Å². The quantitative estimate of drug-likeness (QED) is 0.719. The van der Waals surface area contributed by atoms with Crippen LogP contribution in [-0.4, -0.2) is 30.3 Å². The van der Waals surface area contributed by atoms with E-state index in [1.54, 1.807) is 0 Å². The van der Waals surface area contributed by atoms with Crippen molar-refractivity contribution in [3.05, 3.63) is 0 Å². The van der Waals surface area contributed by atoms with Gasteiger partial charge in [-0.05, 0) is 40.2 Å². The van der Waals surface area contributed by atoms with Gasteiger partial charge in [-0.3, -0.25) is 0 Å². The van der Waals surface area contributed by atoms with Crippen LogP contribution in [0.1, 0.15) is 40.0 Å². The maximum atomic E-state index is 11.6. The standard InChI is InChI=1S/C13H22N2O2/c1-5-10(11-8-6-7-9-14-11)15-12(16)17-13(2,3)4/h1,10-11,14H,6-9H2,2-4H3,(H,15,16). The Hall–Kier alpha value is -1.21. The summed E-state index contributed by atoms with van der Waals surface area (Å²) in [5.41, 5.74) is -0.497. The minimum absolute atomic E-state index is 0.154. The fourth-order valence-corrected chi connectivity index (χ4v) is 1.86. The number of hydrogen-bond acceptors (Lipinski definition) is 3. The van der Waals surface area contributed by atoms with Crippen LogP contribution in [0.3, 0.4) is 0 Å². The molecule has 0 bridgehead atoms. The number of alkyl carbamates (subject to hydrolysis) is 1. The van der Waals surface area contributed by atoms with Crippen molar-refractivity contribution in [3.63, 3.8) is 0 Å². The number of hydrogen-bond donors (Lipinski definition) is 2. The molecule has 1 heterocycles. The largest absolute Gasteiger partial charge is 0.444 e. The number of rotatable bonds is 2. The molecule has 1 rings (SSSR count). The van der Waals surface area contributed by atoms with Crippen LogP contribution in [0.2, 0.25) is 0 Å². The summed E-state index contributed by atoms with van der Waals surface area (Å²) in [5, 5.41) is 6.06. The predicted octanol–water partition coefficient (Wildman–Crippen LogP) is 1.65. The molecule has 0 radical (unpaired) electrons. The predicted molar refractivity (Wildman–Crippen MR) is 67.6 cm³/mol. The number of amides is 1. The van der Waals surface area contributed by atoms with Gasteiger partial charge in [-0.25, -0.2) is 4.79 Å². The van der Waals surface area contributed by atoms with Crippen LogP contribution in [0.4, 0.5) is 4.79 Å². The van der Waals surface area contributed by atoms with Crippen LogP contribution >= 0.6 is 0 Å². The summed E-state index contributed by atoms with van der Waals surface area (Å²) in [7, 11) is 0. The van der Waals surface area contributed by atoms with Gasteiger partial charge in [0, 0.05) is 6.04 Å². The van der Waals surface area contributed by atoms with E-state index in [1.165, 1.54) is 6.42 Å². The summed E-state index contributed by atoms with van der Waals surface area (Å²) >= 11 is 0. The van der Waals surface area contributed by atoms with E-state index in [9.17, 15) is 4.79 Å². The summed E-state index contributed by atoms with van der Waals surface area (Å²) < 4.78 is 5.19. The van der Waals surface area contributed by atoms with Gasteiger partial charge in [-0.1, -0.05) is 12.3 Å². The topological polar surface area (TPSA) is 50.4 Å². The van der Waals surface area contributed by atoms with Crippen LogP contribution < -0.4 is 10.6 Å². The molecule has 96 valence electrons. The van der Waals surface area contributed by atoms with Crippen LogP contribution in [-0.2, 0) is 4.74 Å². The average molecular weight is 238 g/mol. The minimum atomic E-state index is -0.497. The summed E-state index contributed by atoms with van der Waals surface area (Å²) in [5.74, 6) is 2.61. The van der Waals surface area contributed by atoms with Crippen molar-refractivity contribution in [3.8, 4) is 12.3 Å². The molecule has 2 N–H and O–H groups in total. The first-order valence-electron chi connectivity index (χ1n) is 6.11. The average Bonchev–Trinajstić information content (AvgIpc) is 2.24. The number of nitrogens with one attached hydrogen (secondary N) is 2. The summed E-state index contributed by atoms with van der Waals surface area (Å²) in [6, 6.07) is -0.147. The normalized spacial score (nSPS) is 22.4. The van der Waals surface area contributed by atoms with Gasteiger partial charge in [0.25, 0.3) is 0 Å². The van der Waals surface area contributed by atoms with Gasteiger partial charge in [-0.15, -0.1) is 6.42 Å². The van der Waals surface area contributed by atoms with E-state index in [0.717, 1.165) is 19.4 Å². The Morgan fingerprint density at radius 1 is 1.53 bits per heavy atom. The number of carbonyl (C=O) groups is 1. The molecule has 4 nitrogen and oxygen atoms in total. The second-order valence-corrected chi connectivity index (χ2v) is 5.35. The van der Waals surface area contributed by atoms with Crippen molar-refractivity contribution in [2.45, 2.75) is 57.7 Å². The molecular weight excluding hydrogens is 216 g/mol. The number of ether oxygens (including phenoxy) is 1. The monoisotopic (exact) mass is 238 g/mol. The molecule has 4 heteroatoms. The van der Waals surface area contributed by atoms with Crippen LogP contribution in [0.5, 0.6) is 0 Å². The molecule has 2 unspecified atom stereocenters. The summed E-state index contributed by atoms with van der Waals surface area (Å²) in [6.07, 6.45) is 8.31. The maximum absolute atomic E-state index is 11.6. The molecule has 1 saturated heterocycles. The Balaban J connectivity index is 2.46. The molecule has 1 aliphatic rings. The van der Waals surface area contributed by atoms with Crippen molar-refractivity contribution in [1.82, 2.24) is 10.6 Å². The fourth-order valence-electron chi connectivity index (χ4n) is 1.86. The highest BCUT2D eigenvalue weighted by Crippen LogP contribution is 2.11. The molecular formula is C13H22N2O2. The van der Waals surface area contributed by atoms with Gasteiger partial charge in [0.15, 0.2) is 0 Å². The molecule has 1 aliphatic heterocycles. The Morgan fingerprint density at radius 3 is 2.71 bits per heavy atom. The third kappa shape index (κ3) is 5.10. The molecule has 1 fully saturated rings. The zero-order valence-electron chi connectivity index (χ0n) is 10.9. The van der Waals surface area contributed by atoms with Gasteiger partial charge in [0.1, 0.15) is 11.6 Å². The van der Waals surface area contributed by atoms with E-state index < -0.39 is 11.7 Å². The molecule has 0 spiro atoms. The molecule has 17 heavy (non-hydrogen) atoms. The fraction of sp³-hybridized carbons (Fsp3) is 0.769. The second kappa shape index (κ2) is 5.92. The summed E-state index contributed by atoms with van der Waals surface area (Å²) in [4.78, 5) is 11.6. The lowest BCUT2D eigenvalue weighted by atomic mass is 9.98. The molecule has 0 aromatic carbocycles. The van der Waals surface area contributed by atoms with E-state index in [1.807, 2.05) is 20.8 Å². The zero-order valence-corrected chi connectivity index (χ0v) is 10.9. The van der Waals surface area contributed by atoms with Gasteiger partial charge in [0.05, 0.1) is 0 Å². The maximum Gasteiger partial charge on any atom is 0.408 e. The van der Waals surface area contributed by atoms with Crippen LogP contribution in [0, 0.1) is 12.3 Å². The van der Waals surface area contributed by atoms with Crippen LogP contribution in [0.25, 0.3) is 0 Å². The van der Waals surface area contributed by atoms with Crippen molar-refractivity contribution in [1.29, 1.82) is 0 Å². The third-order valence-electron chi connectivity index (χ3n) is 2.60. The first-order chi connectivity index (χ1) is 7.92. The second-order valence-electron chi connectivity index (χ2n) is 5.35. The highest BCUT2D eigenvalue weighted by molar-refractivity contribution is 5.68. The molecule has 2 atom stereocenters. The minimum Gasteiger partial charge on any atom is -0.444 e. The van der Waals surface area contributed by atoms with Crippen molar-refractivity contribution in [2.75, 3.05) is 6.54 Å². The van der Waals surface area contributed by atoms with Gasteiger partial charge in [-0.2, -0.15) is 0 Å². The molecule has 1 amide bonds.